The molecule has 0 spiro atoms. The molecule has 2 aromatic heterocycles. The van der Waals surface area contributed by atoms with Gasteiger partial charge in [-0.1, -0.05) is 0 Å². The van der Waals surface area contributed by atoms with Gasteiger partial charge >= 0.3 is 0 Å². The lowest BCUT2D eigenvalue weighted by molar-refractivity contribution is -0.125. The number of hydrogen-bond donors (Lipinski definition) is 2. The molecular weight excluding hydrogens is 297 g/mol. The van der Waals surface area contributed by atoms with Crippen molar-refractivity contribution in [2.45, 2.75) is 49.9 Å². The molecule has 3 saturated carbocycles. The third kappa shape index (κ3) is 2.04. The van der Waals surface area contributed by atoms with E-state index in [4.69, 9.17) is 4.74 Å². The number of nitrogens with zero attached hydrogens (tertiary/aromatic N) is 1. The zero-order chi connectivity index (χ0) is 15.6. The van der Waals surface area contributed by atoms with Gasteiger partial charge < -0.3 is 15.0 Å². The number of ether oxygens (including phenoxy) is 1. The van der Waals surface area contributed by atoms with Crippen LogP contribution in [0.4, 0.5) is 4.39 Å². The van der Waals surface area contributed by atoms with Gasteiger partial charge in [-0.25, -0.2) is 9.37 Å². The first kappa shape index (κ1) is 13.3. The monoisotopic (exact) mass is 315 g/mol. The molecule has 120 valence electrons. The van der Waals surface area contributed by atoms with Crippen molar-refractivity contribution in [1.29, 1.82) is 0 Å². The molecule has 2 heterocycles. The van der Waals surface area contributed by atoms with E-state index in [1.54, 1.807) is 12.3 Å². The molecule has 5 nitrogen and oxygen atoms in total. The molecule has 0 radical (unpaired) electrons. The summed E-state index contributed by atoms with van der Waals surface area (Å²) in [5, 5.41) is 3.85. The molecule has 3 fully saturated rings. The van der Waals surface area contributed by atoms with Crippen LogP contribution in [0.1, 0.15) is 42.6 Å². The number of hydrogen-bond acceptors (Lipinski definition) is 3. The Morgan fingerprint density at radius 2 is 2.30 bits per heavy atom. The lowest BCUT2D eigenvalue weighted by Gasteiger charge is -2.57. The van der Waals surface area contributed by atoms with Crippen LogP contribution in [0.5, 0.6) is 5.88 Å². The Labute approximate surface area is 132 Å². The van der Waals surface area contributed by atoms with Crippen molar-refractivity contribution in [3.8, 4) is 5.88 Å². The molecule has 3 atom stereocenters. The van der Waals surface area contributed by atoms with Crippen molar-refractivity contribution in [1.82, 2.24) is 15.3 Å². The fourth-order valence-electron chi connectivity index (χ4n) is 3.77. The molecule has 0 bridgehead atoms. The van der Waals surface area contributed by atoms with Crippen LogP contribution >= 0.6 is 0 Å². The topological polar surface area (TPSA) is 67.0 Å². The van der Waals surface area contributed by atoms with Crippen LogP contribution in [-0.2, 0) is 0 Å². The number of alkyl halides is 1. The van der Waals surface area contributed by atoms with Gasteiger partial charge in [0.05, 0.1) is 0 Å². The highest BCUT2D eigenvalue weighted by Gasteiger charge is 2.61. The second-order valence-corrected chi connectivity index (χ2v) is 7.04. The highest BCUT2D eigenvalue weighted by molar-refractivity contribution is 5.99. The maximum atomic E-state index is 14.0. The fourth-order valence-corrected chi connectivity index (χ4v) is 3.77. The Kier molecular flexibility index (Phi) is 2.59. The summed E-state index contributed by atoms with van der Waals surface area (Å²) in [6, 6.07) is 3.62. The van der Waals surface area contributed by atoms with Crippen molar-refractivity contribution in [2.24, 2.45) is 5.92 Å². The molecule has 23 heavy (non-hydrogen) atoms. The number of fused-ring (bicyclic) bond motifs is 2. The van der Waals surface area contributed by atoms with E-state index in [0.717, 1.165) is 30.2 Å². The molecule has 5 rings (SSSR count). The maximum Gasteiger partial charge on any atom is 0.267 e. The normalized spacial score (nSPS) is 31.9. The summed E-state index contributed by atoms with van der Waals surface area (Å²) in [4.78, 5) is 19.8. The number of rotatable bonds is 4. The SMILES string of the molecule is O=C(NC1CC2(F)CCC12)c1cc2ccnc(OC3CC3)c2[nH]1. The predicted molar refractivity (Wildman–Crippen MR) is 82.2 cm³/mol. The molecular formula is C17H18FN3O2. The smallest absolute Gasteiger partial charge is 0.267 e. The fraction of sp³-hybridized carbons (Fsp3) is 0.529. The minimum Gasteiger partial charge on any atom is -0.473 e. The van der Waals surface area contributed by atoms with Crippen molar-refractivity contribution in [3.05, 3.63) is 24.0 Å². The Bertz CT molecular complexity index is 800. The number of nitrogens with one attached hydrogen (secondary N) is 2. The maximum absolute atomic E-state index is 14.0. The molecule has 2 N–H and O–H groups in total. The number of H-pyrrole nitrogens is 1. The molecule has 0 aliphatic heterocycles. The summed E-state index contributed by atoms with van der Waals surface area (Å²) in [5.74, 6) is 0.373. The first-order chi connectivity index (χ1) is 11.1. The van der Waals surface area contributed by atoms with Crippen molar-refractivity contribution >= 4 is 16.8 Å². The zero-order valence-electron chi connectivity index (χ0n) is 12.6. The van der Waals surface area contributed by atoms with Crippen LogP contribution in [0.25, 0.3) is 10.9 Å². The van der Waals surface area contributed by atoms with Crippen molar-refractivity contribution in [3.63, 3.8) is 0 Å². The summed E-state index contributed by atoms with van der Waals surface area (Å²) in [7, 11) is 0. The van der Waals surface area contributed by atoms with Gasteiger partial charge in [0.2, 0.25) is 5.88 Å². The van der Waals surface area contributed by atoms with Gasteiger partial charge in [-0.2, -0.15) is 0 Å². The van der Waals surface area contributed by atoms with Crippen LogP contribution in [0.2, 0.25) is 0 Å². The second kappa shape index (κ2) is 4.46. The number of aromatic amines is 1. The summed E-state index contributed by atoms with van der Waals surface area (Å²) in [5.41, 5.74) is 0.221. The molecule has 3 unspecified atom stereocenters. The van der Waals surface area contributed by atoms with Gasteiger partial charge in [0, 0.05) is 30.0 Å². The summed E-state index contributed by atoms with van der Waals surface area (Å²) in [6.45, 7) is 0. The lowest BCUT2D eigenvalue weighted by atomic mass is 9.54. The van der Waals surface area contributed by atoms with Crippen LogP contribution < -0.4 is 10.1 Å². The number of carbonyl (C=O) groups is 1. The molecule has 3 aliphatic rings. The number of halogens is 1. The first-order valence-corrected chi connectivity index (χ1v) is 8.26. The quantitative estimate of drug-likeness (QED) is 0.911. The number of pyridine rings is 1. The third-order valence-electron chi connectivity index (χ3n) is 5.45. The molecule has 0 saturated heterocycles. The van der Waals surface area contributed by atoms with E-state index in [1.165, 1.54) is 0 Å². The molecule has 6 heteroatoms. The van der Waals surface area contributed by atoms with Gasteiger partial charge in [0.15, 0.2) is 0 Å². The molecule has 0 aromatic carbocycles. The Morgan fingerprint density at radius 1 is 1.43 bits per heavy atom. The average Bonchev–Trinajstić information content (AvgIpc) is 3.21. The minimum absolute atomic E-state index is 0.00579. The molecule has 2 aromatic rings. The number of amides is 1. The van der Waals surface area contributed by atoms with E-state index in [-0.39, 0.29) is 24.0 Å². The predicted octanol–water partition coefficient (Wildman–Crippen LogP) is 2.72. The van der Waals surface area contributed by atoms with Crippen LogP contribution in [-0.4, -0.2) is 33.7 Å². The second-order valence-electron chi connectivity index (χ2n) is 7.04. The molecule has 1 amide bonds. The van der Waals surface area contributed by atoms with Gasteiger partial charge in [-0.3, -0.25) is 4.79 Å². The van der Waals surface area contributed by atoms with Crippen molar-refractivity contribution in [2.75, 3.05) is 0 Å². The Morgan fingerprint density at radius 3 is 2.96 bits per heavy atom. The van der Waals surface area contributed by atoms with E-state index in [9.17, 15) is 9.18 Å². The Hall–Kier alpha value is -2.11. The standard InChI is InChI=1S/C17H18FN3O2/c18-17-5-3-11(17)13(8-17)21-15(22)12-7-9-4-6-19-16(14(9)20-12)23-10-1-2-10/h4,6-7,10-11,13,20H,1-3,5,8H2,(H,21,22). The van der Waals surface area contributed by atoms with E-state index >= 15 is 0 Å². The van der Waals surface area contributed by atoms with Crippen LogP contribution in [0.15, 0.2) is 18.3 Å². The summed E-state index contributed by atoms with van der Waals surface area (Å²) < 4.78 is 19.7. The summed E-state index contributed by atoms with van der Waals surface area (Å²) in [6.07, 6.45) is 6.01. The third-order valence-corrected chi connectivity index (χ3v) is 5.45. The average molecular weight is 315 g/mol. The Balaban J connectivity index is 1.36. The van der Waals surface area contributed by atoms with Crippen LogP contribution in [0, 0.1) is 5.92 Å². The van der Waals surface area contributed by atoms with Crippen molar-refractivity contribution < 1.29 is 13.9 Å². The van der Waals surface area contributed by atoms with E-state index in [1.807, 2.05) is 6.07 Å². The minimum atomic E-state index is -1.01. The van der Waals surface area contributed by atoms with E-state index in [0.29, 0.717) is 24.4 Å². The van der Waals surface area contributed by atoms with Gasteiger partial charge in [-0.15, -0.1) is 0 Å². The van der Waals surface area contributed by atoms with Crippen LogP contribution in [0.3, 0.4) is 0 Å². The van der Waals surface area contributed by atoms with E-state index < -0.39 is 5.67 Å². The van der Waals surface area contributed by atoms with Gasteiger partial charge in [0.25, 0.3) is 5.91 Å². The van der Waals surface area contributed by atoms with Gasteiger partial charge in [0.1, 0.15) is 23.0 Å². The van der Waals surface area contributed by atoms with Gasteiger partial charge in [-0.05, 0) is 37.8 Å². The highest BCUT2D eigenvalue weighted by Crippen LogP contribution is 2.56. The summed E-state index contributed by atoms with van der Waals surface area (Å²) >= 11 is 0. The van der Waals surface area contributed by atoms with E-state index in [2.05, 4.69) is 15.3 Å². The first-order valence-electron chi connectivity index (χ1n) is 8.26. The number of aromatic nitrogens is 2. The number of carbonyl (C=O) groups excluding carboxylic acids is 1. The lowest BCUT2D eigenvalue weighted by Crippen LogP contribution is -2.66. The highest BCUT2D eigenvalue weighted by atomic mass is 19.1. The molecule has 3 aliphatic carbocycles. The largest absolute Gasteiger partial charge is 0.473 e. The zero-order valence-corrected chi connectivity index (χ0v) is 12.6.